The molecule has 1 aliphatic carbocycles. The standard InChI is InChI=1S/C35H36N6O3/c1-34(2,3)19-31(43)40-21-27-28(22-40)32(27)41-30(16-29(42)26-6-4-25(20-36)5-7-26)39-35(33(41)44,17-23-8-12-37-13-9-23)18-24-10-14-38-15-11-24/h4-16,27-28,32,39H,17-19,21-22H2,1-3H3/b30-16+/t27-,28+,32?. The van der Waals surface area contributed by atoms with Crippen molar-refractivity contribution < 1.29 is 14.4 Å². The SMILES string of the molecule is CC(C)(C)CC(=O)N1C[C@@H]2C(N3C(=O)C(Cc4ccncc4)(Cc4ccncc4)N/C3=C\C(=O)c3ccc(C#N)cc3)[C@@H]2C1. The van der Waals surface area contributed by atoms with Crippen LogP contribution < -0.4 is 5.32 Å². The van der Waals surface area contributed by atoms with E-state index in [0.717, 1.165) is 11.1 Å². The molecule has 0 radical (unpaired) electrons. The number of aromatic nitrogens is 2. The zero-order valence-corrected chi connectivity index (χ0v) is 25.2. The lowest BCUT2D eigenvalue weighted by Gasteiger charge is -2.29. The number of ketones is 1. The molecule has 2 saturated heterocycles. The maximum atomic E-state index is 14.7. The van der Waals surface area contributed by atoms with E-state index in [1.54, 1.807) is 54.0 Å². The Balaban J connectivity index is 1.34. The summed E-state index contributed by atoms with van der Waals surface area (Å²) >= 11 is 0. The monoisotopic (exact) mass is 588 g/mol. The minimum Gasteiger partial charge on any atom is -0.357 e. The number of benzene rings is 1. The van der Waals surface area contributed by atoms with Gasteiger partial charge in [-0.25, -0.2) is 0 Å². The first-order valence-corrected chi connectivity index (χ1v) is 15.0. The zero-order valence-electron chi connectivity index (χ0n) is 25.2. The fourth-order valence-electron chi connectivity index (χ4n) is 6.66. The molecular weight excluding hydrogens is 552 g/mol. The largest absolute Gasteiger partial charge is 0.357 e. The molecule has 224 valence electrons. The van der Waals surface area contributed by atoms with Crippen LogP contribution in [0.3, 0.4) is 0 Å². The number of hydrogen-bond donors (Lipinski definition) is 1. The number of piperidine rings is 1. The van der Waals surface area contributed by atoms with Crippen molar-refractivity contribution in [1.29, 1.82) is 5.26 Å². The van der Waals surface area contributed by atoms with Crippen LogP contribution in [0, 0.1) is 28.6 Å². The lowest BCUT2D eigenvalue weighted by atomic mass is 9.85. The van der Waals surface area contributed by atoms with E-state index >= 15 is 0 Å². The molecule has 4 heterocycles. The lowest BCUT2D eigenvalue weighted by Crippen LogP contribution is -2.51. The van der Waals surface area contributed by atoms with Gasteiger partial charge < -0.3 is 10.2 Å². The highest BCUT2D eigenvalue weighted by Crippen LogP contribution is 2.52. The van der Waals surface area contributed by atoms with Crippen LogP contribution in [-0.2, 0) is 22.4 Å². The Morgan fingerprint density at radius 2 is 1.50 bits per heavy atom. The van der Waals surface area contributed by atoms with Gasteiger partial charge in [0, 0.05) is 86.7 Å². The first kappa shape index (κ1) is 29.2. The summed E-state index contributed by atoms with van der Waals surface area (Å²) in [6, 6.07) is 16.1. The van der Waals surface area contributed by atoms with Gasteiger partial charge in [0.05, 0.1) is 11.6 Å². The van der Waals surface area contributed by atoms with Gasteiger partial charge in [-0.3, -0.25) is 29.3 Å². The van der Waals surface area contributed by atoms with E-state index in [9.17, 15) is 19.6 Å². The van der Waals surface area contributed by atoms with Crippen LogP contribution in [0.5, 0.6) is 0 Å². The molecule has 1 saturated carbocycles. The number of hydrogen-bond acceptors (Lipinski definition) is 7. The number of nitrogens with zero attached hydrogens (tertiary/aromatic N) is 5. The molecule has 2 aliphatic heterocycles. The first-order valence-electron chi connectivity index (χ1n) is 15.0. The average molecular weight is 589 g/mol. The quantitative estimate of drug-likeness (QED) is 0.313. The second-order valence-corrected chi connectivity index (χ2v) is 13.4. The van der Waals surface area contributed by atoms with Gasteiger partial charge in [-0.2, -0.15) is 5.26 Å². The summed E-state index contributed by atoms with van der Waals surface area (Å²) in [5.41, 5.74) is 1.66. The summed E-state index contributed by atoms with van der Waals surface area (Å²) in [5.74, 6) is 0.569. The highest BCUT2D eigenvalue weighted by molar-refractivity contribution is 6.06. The van der Waals surface area contributed by atoms with Crippen molar-refractivity contribution in [2.45, 2.75) is 51.6 Å². The third kappa shape index (κ3) is 5.85. The number of fused-ring (bicyclic) bond motifs is 1. The van der Waals surface area contributed by atoms with Gasteiger partial charge in [-0.15, -0.1) is 0 Å². The van der Waals surface area contributed by atoms with Crippen LogP contribution in [0.1, 0.15) is 54.2 Å². The van der Waals surface area contributed by atoms with Gasteiger partial charge in [0.1, 0.15) is 11.4 Å². The summed E-state index contributed by atoms with van der Waals surface area (Å²) in [5, 5.41) is 12.7. The Bertz CT molecular complexity index is 1590. The smallest absolute Gasteiger partial charge is 0.254 e. The molecule has 2 aromatic heterocycles. The molecule has 3 fully saturated rings. The van der Waals surface area contributed by atoms with E-state index in [1.165, 1.54) is 6.08 Å². The second-order valence-electron chi connectivity index (χ2n) is 13.4. The highest BCUT2D eigenvalue weighted by atomic mass is 16.2. The average Bonchev–Trinajstić information content (AvgIpc) is 3.33. The van der Waals surface area contributed by atoms with Crippen LogP contribution in [0.4, 0.5) is 0 Å². The number of carbonyl (C=O) groups is 3. The molecule has 3 atom stereocenters. The van der Waals surface area contributed by atoms with Crippen molar-refractivity contribution in [2.24, 2.45) is 17.3 Å². The van der Waals surface area contributed by atoms with Crippen LogP contribution in [0.2, 0.25) is 0 Å². The second kappa shape index (κ2) is 11.3. The summed E-state index contributed by atoms with van der Waals surface area (Å²) in [4.78, 5) is 53.3. The zero-order chi connectivity index (χ0) is 31.1. The van der Waals surface area contributed by atoms with E-state index < -0.39 is 5.54 Å². The maximum absolute atomic E-state index is 14.7. The van der Waals surface area contributed by atoms with E-state index in [2.05, 4.69) is 42.1 Å². The fourth-order valence-corrected chi connectivity index (χ4v) is 6.66. The Kier molecular flexibility index (Phi) is 7.54. The summed E-state index contributed by atoms with van der Waals surface area (Å²) < 4.78 is 0. The van der Waals surface area contributed by atoms with Crippen LogP contribution in [0.15, 0.2) is 85.2 Å². The fraction of sp³-hybridized carbons (Fsp3) is 0.371. The number of allylic oxidation sites excluding steroid dienone is 1. The predicted molar refractivity (Wildman–Crippen MR) is 164 cm³/mol. The minimum absolute atomic E-state index is 0.0861. The number of rotatable bonds is 8. The molecular formula is C35H36N6O3. The molecule has 2 amide bonds. The molecule has 9 nitrogen and oxygen atoms in total. The Labute approximate surface area is 257 Å². The third-order valence-electron chi connectivity index (χ3n) is 8.81. The van der Waals surface area contributed by atoms with Gasteiger partial charge in [0.25, 0.3) is 5.91 Å². The van der Waals surface area contributed by atoms with Crippen LogP contribution in [-0.4, -0.2) is 62.0 Å². The van der Waals surface area contributed by atoms with E-state index in [0.29, 0.717) is 49.3 Å². The molecule has 3 aromatic rings. The Morgan fingerprint density at radius 3 is 2.00 bits per heavy atom. The van der Waals surface area contributed by atoms with Gasteiger partial charge in [-0.05, 0) is 65.1 Å². The first-order chi connectivity index (χ1) is 21.1. The van der Waals surface area contributed by atoms with Crippen molar-refractivity contribution in [3.8, 4) is 6.07 Å². The Hall–Kier alpha value is -4.84. The molecule has 3 aliphatic rings. The number of pyridine rings is 2. The normalized spacial score (nSPS) is 22.8. The predicted octanol–water partition coefficient (Wildman–Crippen LogP) is 3.92. The topological polar surface area (TPSA) is 119 Å². The van der Waals surface area contributed by atoms with Gasteiger partial charge in [0.15, 0.2) is 5.78 Å². The number of carbonyl (C=O) groups excluding carboxylic acids is 3. The molecule has 44 heavy (non-hydrogen) atoms. The molecule has 9 heteroatoms. The van der Waals surface area contributed by atoms with Gasteiger partial charge in [-0.1, -0.05) is 20.8 Å². The maximum Gasteiger partial charge on any atom is 0.254 e. The van der Waals surface area contributed by atoms with Crippen molar-refractivity contribution in [3.05, 3.63) is 107 Å². The number of amides is 2. The van der Waals surface area contributed by atoms with E-state index in [-0.39, 0.29) is 40.9 Å². The molecule has 1 unspecified atom stereocenters. The van der Waals surface area contributed by atoms with Gasteiger partial charge >= 0.3 is 0 Å². The number of nitrogens with one attached hydrogen (secondary N) is 1. The molecule has 0 bridgehead atoms. The molecule has 1 N–H and O–H groups in total. The van der Waals surface area contributed by atoms with E-state index in [1.807, 2.05) is 29.2 Å². The van der Waals surface area contributed by atoms with E-state index in [4.69, 9.17) is 0 Å². The highest BCUT2D eigenvalue weighted by Gasteiger charge is 2.65. The van der Waals surface area contributed by atoms with Crippen molar-refractivity contribution in [1.82, 2.24) is 25.1 Å². The van der Waals surface area contributed by atoms with Crippen molar-refractivity contribution >= 4 is 17.6 Å². The molecule has 0 spiro atoms. The summed E-state index contributed by atoms with van der Waals surface area (Å²) in [7, 11) is 0. The number of nitriles is 1. The lowest BCUT2D eigenvalue weighted by molar-refractivity contribution is -0.133. The van der Waals surface area contributed by atoms with Crippen LogP contribution >= 0.6 is 0 Å². The third-order valence-corrected chi connectivity index (χ3v) is 8.81. The van der Waals surface area contributed by atoms with Crippen molar-refractivity contribution in [2.75, 3.05) is 13.1 Å². The number of likely N-dealkylation sites (tertiary alicyclic amines) is 1. The summed E-state index contributed by atoms with van der Waals surface area (Å²) in [6.07, 6.45) is 9.64. The summed E-state index contributed by atoms with van der Waals surface area (Å²) in [6.45, 7) is 7.39. The molecule has 6 rings (SSSR count). The minimum atomic E-state index is -1.04. The van der Waals surface area contributed by atoms with Crippen molar-refractivity contribution in [3.63, 3.8) is 0 Å². The molecule has 1 aromatic carbocycles. The van der Waals surface area contributed by atoms with Crippen LogP contribution in [0.25, 0.3) is 0 Å². The van der Waals surface area contributed by atoms with Gasteiger partial charge in [0.2, 0.25) is 5.91 Å². The Morgan fingerprint density at radius 1 is 0.955 bits per heavy atom.